The van der Waals surface area contributed by atoms with Gasteiger partial charge in [-0.05, 0) is 38.9 Å². The Labute approximate surface area is 123 Å². The Bertz CT molecular complexity index is 471. The third-order valence-electron chi connectivity index (χ3n) is 3.30. The number of ketones is 1. The summed E-state index contributed by atoms with van der Waals surface area (Å²) in [6.07, 6.45) is 1.69. The average Bonchev–Trinajstić information content (AvgIpc) is 2.43. The van der Waals surface area contributed by atoms with Crippen molar-refractivity contribution in [1.29, 1.82) is 0 Å². The summed E-state index contributed by atoms with van der Waals surface area (Å²) in [6.45, 7) is 4.13. The van der Waals surface area contributed by atoms with Gasteiger partial charge in [-0.1, -0.05) is 23.2 Å². The summed E-state index contributed by atoms with van der Waals surface area (Å²) in [7, 11) is 0. The Kier molecular flexibility index (Phi) is 5.08. The molecule has 0 aliphatic carbocycles. The minimum Gasteiger partial charge on any atom is -0.492 e. The molecule has 0 bridgehead atoms. The molecule has 0 amide bonds. The first kappa shape index (κ1) is 14.6. The Morgan fingerprint density at radius 3 is 2.63 bits per heavy atom. The number of hydrogen-bond acceptors (Lipinski definition) is 3. The molecule has 0 saturated carbocycles. The van der Waals surface area contributed by atoms with Crippen LogP contribution in [0.25, 0.3) is 0 Å². The molecule has 0 atom stereocenters. The second-order valence-electron chi connectivity index (χ2n) is 4.58. The fourth-order valence-corrected chi connectivity index (χ4v) is 2.75. The number of hydrogen-bond donors (Lipinski definition) is 1. The van der Waals surface area contributed by atoms with Crippen LogP contribution in [-0.4, -0.2) is 25.5 Å². The van der Waals surface area contributed by atoms with Crippen LogP contribution < -0.4 is 10.1 Å². The Balaban J connectivity index is 2.24. The average molecular weight is 302 g/mol. The van der Waals surface area contributed by atoms with Crippen LogP contribution in [-0.2, 0) is 0 Å². The van der Waals surface area contributed by atoms with Crippen LogP contribution in [0, 0.1) is 5.92 Å². The van der Waals surface area contributed by atoms with E-state index >= 15 is 0 Å². The van der Waals surface area contributed by atoms with Crippen molar-refractivity contribution in [2.75, 3.05) is 19.7 Å². The maximum absolute atomic E-state index is 12.4. The molecule has 1 aromatic rings. The van der Waals surface area contributed by atoms with Gasteiger partial charge < -0.3 is 10.1 Å². The minimum absolute atomic E-state index is 0.0350. The number of rotatable bonds is 4. The zero-order valence-electron chi connectivity index (χ0n) is 10.8. The van der Waals surface area contributed by atoms with E-state index in [9.17, 15) is 4.79 Å². The number of ether oxygens (including phenoxy) is 1. The highest BCUT2D eigenvalue weighted by molar-refractivity contribution is 6.36. The zero-order valence-corrected chi connectivity index (χ0v) is 12.4. The zero-order chi connectivity index (χ0) is 13.8. The lowest BCUT2D eigenvalue weighted by Crippen LogP contribution is -2.32. The van der Waals surface area contributed by atoms with Crippen molar-refractivity contribution >= 4 is 29.0 Å². The second-order valence-corrected chi connectivity index (χ2v) is 5.40. The fraction of sp³-hybridized carbons (Fsp3) is 0.500. The first-order valence-corrected chi connectivity index (χ1v) is 7.25. The quantitative estimate of drug-likeness (QED) is 0.864. The van der Waals surface area contributed by atoms with Crippen molar-refractivity contribution < 1.29 is 9.53 Å². The van der Waals surface area contributed by atoms with E-state index in [0.717, 1.165) is 25.9 Å². The van der Waals surface area contributed by atoms with Gasteiger partial charge in [-0.3, -0.25) is 4.79 Å². The van der Waals surface area contributed by atoms with Crippen molar-refractivity contribution in [1.82, 2.24) is 5.32 Å². The SMILES string of the molecule is CCOc1cc(Cl)c(C(=O)C2CCNCC2)cc1Cl. The lowest BCUT2D eigenvalue weighted by Gasteiger charge is -2.22. The van der Waals surface area contributed by atoms with Gasteiger partial charge in [-0.15, -0.1) is 0 Å². The van der Waals surface area contributed by atoms with Crippen LogP contribution in [0.5, 0.6) is 5.75 Å². The van der Waals surface area contributed by atoms with E-state index in [4.69, 9.17) is 27.9 Å². The number of piperidine rings is 1. The molecular weight excluding hydrogens is 285 g/mol. The summed E-state index contributed by atoms with van der Waals surface area (Å²) in [6, 6.07) is 3.25. The molecule has 5 heteroatoms. The highest BCUT2D eigenvalue weighted by Crippen LogP contribution is 2.33. The summed E-state index contributed by atoms with van der Waals surface area (Å²) in [5.74, 6) is 0.639. The molecule has 0 spiro atoms. The van der Waals surface area contributed by atoms with Crippen LogP contribution in [0.4, 0.5) is 0 Å². The molecule has 19 heavy (non-hydrogen) atoms. The molecule has 1 aliphatic heterocycles. The molecule has 3 nitrogen and oxygen atoms in total. The first-order chi connectivity index (χ1) is 9.13. The summed E-state index contributed by atoms with van der Waals surface area (Å²) < 4.78 is 5.36. The van der Waals surface area contributed by atoms with Gasteiger partial charge in [0.05, 0.1) is 16.7 Å². The van der Waals surface area contributed by atoms with Crippen LogP contribution in [0.2, 0.25) is 10.0 Å². The molecule has 1 aromatic carbocycles. The van der Waals surface area contributed by atoms with Crippen molar-refractivity contribution in [3.8, 4) is 5.75 Å². The number of carbonyl (C=O) groups excluding carboxylic acids is 1. The molecule has 0 unspecified atom stereocenters. The predicted octanol–water partition coefficient (Wildman–Crippen LogP) is 3.57. The largest absolute Gasteiger partial charge is 0.492 e. The normalized spacial score (nSPS) is 16.4. The van der Waals surface area contributed by atoms with Crippen molar-refractivity contribution in [3.05, 3.63) is 27.7 Å². The molecule has 1 aliphatic rings. The predicted molar refractivity (Wildman–Crippen MR) is 77.6 cm³/mol. The van der Waals surface area contributed by atoms with Gasteiger partial charge >= 0.3 is 0 Å². The first-order valence-electron chi connectivity index (χ1n) is 6.50. The third-order valence-corrected chi connectivity index (χ3v) is 3.90. The number of carbonyl (C=O) groups is 1. The maximum Gasteiger partial charge on any atom is 0.167 e. The molecular formula is C14H17Cl2NO2. The summed E-state index contributed by atoms with van der Waals surface area (Å²) in [5, 5.41) is 4.09. The molecule has 1 saturated heterocycles. The van der Waals surface area contributed by atoms with Gasteiger partial charge in [0, 0.05) is 17.5 Å². The Hall–Kier alpha value is -0.770. The molecule has 0 aromatic heterocycles. The van der Waals surface area contributed by atoms with Crippen molar-refractivity contribution in [2.45, 2.75) is 19.8 Å². The summed E-state index contributed by atoms with van der Waals surface area (Å²) in [4.78, 5) is 12.4. The highest BCUT2D eigenvalue weighted by atomic mass is 35.5. The Morgan fingerprint density at radius 1 is 1.32 bits per heavy atom. The van der Waals surface area contributed by atoms with E-state index < -0.39 is 0 Å². The van der Waals surface area contributed by atoms with Crippen LogP contribution in [0.1, 0.15) is 30.1 Å². The summed E-state index contributed by atoms with van der Waals surface area (Å²) >= 11 is 12.3. The van der Waals surface area contributed by atoms with E-state index in [1.54, 1.807) is 12.1 Å². The molecule has 104 valence electrons. The van der Waals surface area contributed by atoms with Gasteiger partial charge in [0.2, 0.25) is 0 Å². The molecule has 1 heterocycles. The van der Waals surface area contributed by atoms with E-state index in [1.165, 1.54) is 0 Å². The van der Waals surface area contributed by atoms with Gasteiger partial charge in [0.1, 0.15) is 5.75 Å². The van der Waals surface area contributed by atoms with Crippen LogP contribution in [0.3, 0.4) is 0 Å². The van der Waals surface area contributed by atoms with E-state index in [-0.39, 0.29) is 11.7 Å². The Morgan fingerprint density at radius 2 is 2.00 bits per heavy atom. The number of Topliss-reactive ketones (excluding diaryl/α,β-unsaturated/α-hetero) is 1. The fourth-order valence-electron chi connectivity index (χ4n) is 2.29. The molecule has 2 rings (SSSR count). The minimum atomic E-state index is 0.0350. The number of halogens is 2. The van der Waals surface area contributed by atoms with Gasteiger partial charge in [0.15, 0.2) is 5.78 Å². The molecule has 1 N–H and O–H groups in total. The lowest BCUT2D eigenvalue weighted by molar-refractivity contribution is 0.0895. The summed E-state index contributed by atoms with van der Waals surface area (Å²) in [5.41, 5.74) is 0.502. The van der Waals surface area contributed by atoms with E-state index in [0.29, 0.717) is 28.0 Å². The van der Waals surface area contributed by atoms with Crippen LogP contribution >= 0.6 is 23.2 Å². The number of benzene rings is 1. The van der Waals surface area contributed by atoms with Gasteiger partial charge in [-0.2, -0.15) is 0 Å². The standard InChI is InChI=1S/C14H17Cl2NO2/c1-2-19-13-8-11(15)10(7-12(13)16)14(18)9-3-5-17-6-4-9/h7-9,17H,2-6H2,1H3. The monoisotopic (exact) mass is 301 g/mol. The van der Waals surface area contributed by atoms with Gasteiger partial charge in [0.25, 0.3) is 0 Å². The lowest BCUT2D eigenvalue weighted by atomic mass is 9.89. The maximum atomic E-state index is 12.4. The van der Waals surface area contributed by atoms with E-state index in [2.05, 4.69) is 5.32 Å². The van der Waals surface area contributed by atoms with Gasteiger partial charge in [-0.25, -0.2) is 0 Å². The van der Waals surface area contributed by atoms with Crippen molar-refractivity contribution in [3.63, 3.8) is 0 Å². The van der Waals surface area contributed by atoms with Crippen molar-refractivity contribution in [2.24, 2.45) is 5.92 Å². The van der Waals surface area contributed by atoms with E-state index in [1.807, 2.05) is 6.92 Å². The number of nitrogens with one attached hydrogen (secondary N) is 1. The highest BCUT2D eigenvalue weighted by Gasteiger charge is 2.24. The molecule has 0 radical (unpaired) electrons. The second kappa shape index (κ2) is 6.60. The third kappa shape index (κ3) is 3.41. The topological polar surface area (TPSA) is 38.3 Å². The smallest absolute Gasteiger partial charge is 0.167 e. The molecule has 1 fully saturated rings. The van der Waals surface area contributed by atoms with Crippen LogP contribution in [0.15, 0.2) is 12.1 Å².